The van der Waals surface area contributed by atoms with Crippen molar-refractivity contribution in [1.29, 1.82) is 0 Å². The monoisotopic (exact) mass is 479 g/mol. The average molecular weight is 480 g/mol. The molecule has 0 aliphatic carbocycles. The van der Waals surface area contributed by atoms with Crippen LogP contribution >= 0.6 is 11.6 Å². The molecule has 2 amide bonds. The summed E-state index contributed by atoms with van der Waals surface area (Å²) in [4.78, 5) is 27.4. The molecule has 2 aromatic carbocycles. The van der Waals surface area contributed by atoms with Crippen LogP contribution in [0, 0.1) is 0 Å². The van der Waals surface area contributed by atoms with Gasteiger partial charge in [-0.1, -0.05) is 61.3 Å². The Kier molecular flexibility index (Phi) is 9.53. The molecule has 0 fully saturated rings. The lowest BCUT2D eigenvalue weighted by molar-refractivity contribution is -0.139. The van der Waals surface area contributed by atoms with Gasteiger partial charge in [-0.3, -0.25) is 13.9 Å². The van der Waals surface area contributed by atoms with Crippen LogP contribution in [-0.2, 0) is 26.2 Å². The number of hydrogen-bond donors (Lipinski definition) is 1. The van der Waals surface area contributed by atoms with E-state index in [2.05, 4.69) is 5.32 Å². The van der Waals surface area contributed by atoms with Gasteiger partial charge in [0.2, 0.25) is 21.8 Å². The maximum Gasteiger partial charge on any atom is 0.244 e. The third-order valence-electron chi connectivity index (χ3n) is 4.97. The van der Waals surface area contributed by atoms with Crippen molar-refractivity contribution in [2.45, 2.75) is 39.3 Å². The largest absolute Gasteiger partial charge is 0.354 e. The molecule has 0 heterocycles. The molecule has 0 saturated heterocycles. The lowest BCUT2D eigenvalue weighted by Crippen LogP contribution is -2.51. The zero-order valence-corrected chi connectivity index (χ0v) is 20.2. The van der Waals surface area contributed by atoms with Gasteiger partial charge in [-0.05, 0) is 37.1 Å². The SMILES string of the molecule is CCCCNC(=O)C(C)N(Cc1ccccc1)C(=O)CN(c1cccc(Cl)c1)S(C)(=O)=O. The van der Waals surface area contributed by atoms with Gasteiger partial charge in [0.25, 0.3) is 0 Å². The molecular formula is C23H30ClN3O4S. The second-order valence-corrected chi connectivity index (χ2v) is 9.92. The van der Waals surface area contributed by atoms with Crippen molar-refractivity contribution in [3.8, 4) is 0 Å². The van der Waals surface area contributed by atoms with Crippen LogP contribution < -0.4 is 9.62 Å². The average Bonchev–Trinajstić information content (AvgIpc) is 2.75. The van der Waals surface area contributed by atoms with E-state index in [1.165, 1.54) is 11.0 Å². The van der Waals surface area contributed by atoms with E-state index in [0.717, 1.165) is 29.0 Å². The summed E-state index contributed by atoms with van der Waals surface area (Å²) < 4.78 is 25.9. The lowest BCUT2D eigenvalue weighted by Gasteiger charge is -2.31. The van der Waals surface area contributed by atoms with Crippen LogP contribution in [0.2, 0.25) is 5.02 Å². The first-order valence-electron chi connectivity index (χ1n) is 10.5. The maximum atomic E-state index is 13.3. The van der Waals surface area contributed by atoms with E-state index in [-0.39, 0.29) is 18.1 Å². The Hall–Kier alpha value is -2.58. The van der Waals surface area contributed by atoms with Crippen molar-refractivity contribution in [2.75, 3.05) is 23.7 Å². The number of halogens is 1. The van der Waals surface area contributed by atoms with Gasteiger partial charge in [-0.25, -0.2) is 8.42 Å². The molecule has 0 radical (unpaired) electrons. The number of nitrogens with one attached hydrogen (secondary N) is 1. The molecule has 2 rings (SSSR count). The molecule has 0 aliphatic rings. The number of unbranched alkanes of at least 4 members (excludes halogenated alkanes) is 1. The molecular weight excluding hydrogens is 450 g/mol. The van der Waals surface area contributed by atoms with Crippen molar-refractivity contribution in [3.05, 3.63) is 65.2 Å². The van der Waals surface area contributed by atoms with E-state index in [1.54, 1.807) is 25.1 Å². The van der Waals surface area contributed by atoms with Crippen LogP contribution in [0.25, 0.3) is 0 Å². The summed E-state index contributed by atoms with van der Waals surface area (Å²) in [6, 6.07) is 14.8. The van der Waals surface area contributed by atoms with Crippen LogP contribution in [0.3, 0.4) is 0 Å². The first-order chi connectivity index (χ1) is 15.1. The van der Waals surface area contributed by atoms with Gasteiger partial charge in [0.15, 0.2) is 0 Å². The molecule has 0 aromatic heterocycles. The predicted molar refractivity (Wildman–Crippen MR) is 128 cm³/mol. The first kappa shape index (κ1) is 25.7. The molecule has 1 atom stereocenters. The van der Waals surface area contributed by atoms with Crippen LogP contribution in [-0.4, -0.2) is 50.5 Å². The number of sulfonamides is 1. The van der Waals surface area contributed by atoms with E-state index in [4.69, 9.17) is 11.6 Å². The molecule has 1 unspecified atom stereocenters. The van der Waals surface area contributed by atoms with E-state index in [1.807, 2.05) is 37.3 Å². The van der Waals surface area contributed by atoms with E-state index in [9.17, 15) is 18.0 Å². The highest BCUT2D eigenvalue weighted by Crippen LogP contribution is 2.22. The predicted octanol–water partition coefficient (Wildman–Crippen LogP) is 3.44. The highest BCUT2D eigenvalue weighted by Gasteiger charge is 2.30. The Labute approximate surface area is 195 Å². The minimum absolute atomic E-state index is 0.176. The Morgan fingerprint density at radius 2 is 1.78 bits per heavy atom. The quantitative estimate of drug-likeness (QED) is 0.500. The summed E-state index contributed by atoms with van der Waals surface area (Å²) in [5.41, 5.74) is 1.12. The zero-order chi connectivity index (χ0) is 23.7. The topological polar surface area (TPSA) is 86.8 Å². The van der Waals surface area contributed by atoms with Crippen LogP contribution in [0.4, 0.5) is 5.69 Å². The van der Waals surface area contributed by atoms with E-state index in [0.29, 0.717) is 11.6 Å². The Morgan fingerprint density at radius 1 is 1.09 bits per heavy atom. The van der Waals surface area contributed by atoms with Crippen LogP contribution in [0.15, 0.2) is 54.6 Å². The molecule has 174 valence electrons. The van der Waals surface area contributed by atoms with Gasteiger partial charge in [0.05, 0.1) is 11.9 Å². The molecule has 0 aliphatic heterocycles. The van der Waals surface area contributed by atoms with Crippen molar-refractivity contribution < 1.29 is 18.0 Å². The van der Waals surface area contributed by atoms with Crippen molar-refractivity contribution in [2.24, 2.45) is 0 Å². The van der Waals surface area contributed by atoms with Gasteiger partial charge in [0.1, 0.15) is 12.6 Å². The second-order valence-electron chi connectivity index (χ2n) is 7.58. The molecule has 2 aromatic rings. The smallest absolute Gasteiger partial charge is 0.244 e. The van der Waals surface area contributed by atoms with Crippen molar-refractivity contribution in [1.82, 2.24) is 10.2 Å². The number of carbonyl (C=O) groups is 2. The third-order valence-corrected chi connectivity index (χ3v) is 6.34. The summed E-state index contributed by atoms with van der Waals surface area (Å²) in [7, 11) is -3.77. The molecule has 1 N–H and O–H groups in total. The first-order valence-corrected chi connectivity index (χ1v) is 12.7. The van der Waals surface area contributed by atoms with Crippen molar-refractivity contribution in [3.63, 3.8) is 0 Å². The molecule has 9 heteroatoms. The van der Waals surface area contributed by atoms with Gasteiger partial charge in [-0.2, -0.15) is 0 Å². The number of benzene rings is 2. The summed E-state index contributed by atoms with van der Waals surface area (Å²) in [6.07, 6.45) is 2.80. The zero-order valence-electron chi connectivity index (χ0n) is 18.6. The number of anilines is 1. The molecule has 0 bridgehead atoms. The number of nitrogens with zero attached hydrogens (tertiary/aromatic N) is 2. The van der Waals surface area contributed by atoms with Gasteiger partial charge in [-0.15, -0.1) is 0 Å². The lowest BCUT2D eigenvalue weighted by atomic mass is 10.1. The number of rotatable bonds is 11. The molecule has 0 saturated carbocycles. The fourth-order valence-electron chi connectivity index (χ4n) is 3.14. The number of amides is 2. The summed E-state index contributed by atoms with van der Waals surface area (Å²) in [5, 5.41) is 3.20. The summed E-state index contributed by atoms with van der Waals surface area (Å²) >= 11 is 6.03. The Morgan fingerprint density at radius 3 is 2.38 bits per heavy atom. The second kappa shape index (κ2) is 11.9. The molecule has 7 nitrogen and oxygen atoms in total. The van der Waals surface area contributed by atoms with Crippen LogP contribution in [0.5, 0.6) is 0 Å². The number of hydrogen-bond acceptors (Lipinski definition) is 4. The van der Waals surface area contributed by atoms with Gasteiger partial charge >= 0.3 is 0 Å². The van der Waals surface area contributed by atoms with E-state index < -0.39 is 28.5 Å². The molecule has 32 heavy (non-hydrogen) atoms. The van der Waals surface area contributed by atoms with Gasteiger partial charge < -0.3 is 10.2 Å². The van der Waals surface area contributed by atoms with Gasteiger partial charge in [0, 0.05) is 18.1 Å². The van der Waals surface area contributed by atoms with E-state index >= 15 is 0 Å². The minimum atomic E-state index is -3.77. The highest BCUT2D eigenvalue weighted by atomic mass is 35.5. The summed E-state index contributed by atoms with van der Waals surface area (Å²) in [6.45, 7) is 3.92. The molecule has 0 spiro atoms. The van der Waals surface area contributed by atoms with Crippen LogP contribution in [0.1, 0.15) is 32.3 Å². The fraction of sp³-hybridized carbons (Fsp3) is 0.391. The Balaban J connectivity index is 2.31. The maximum absolute atomic E-state index is 13.3. The number of carbonyl (C=O) groups excluding carboxylic acids is 2. The third kappa shape index (κ3) is 7.53. The van der Waals surface area contributed by atoms with Crippen molar-refractivity contribution >= 4 is 39.1 Å². The highest BCUT2D eigenvalue weighted by molar-refractivity contribution is 7.92. The Bertz CT molecular complexity index is 1010. The standard InChI is InChI=1S/C23H30ClN3O4S/c1-4-5-14-25-23(29)18(2)26(16-19-10-7-6-8-11-19)22(28)17-27(32(3,30)31)21-13-9-12-20(24)15-21/h6-13,15,18H,4-5,14,16-17H2,1-3H3,(H,25,29). The summed E-state index contributed by atoms with van der Waals surface area (Å²) in [5.74, 6) is -0.770. The normalized spacial score (nSPS) is 12.1. The minimum Gasteiger partial charge on any atom is -0.354 e. The fourth-order valence-corrected chi connectivity index (χ4v) is 4.17.